The molecule has 0 aromatic heterocycles. The van der Waals surface area contributed by atoms with Crippen molar-refractivity contribution in [3.8, 4) is 0 Å². The zero-order valence-corrected chi connectivity index (χ0v) is 9.00. The number of carboxylic acids is 1. The van der Waals surface area contributed by atoms with Crippen LogP contribution in [0.5, 0.6) is 0 Å². The van der Waals surface area contributed by atoms with E-state index in [1.165, 1.54) is 0 Å². The first-order valence-electron chi connectivity index (χ1n) is 4.72. The van der Waals surface area contributed by atoms with E-state index in [1.54, 1.807) is 0 Å². The molecule has 0 bridgehead atoms. The fourth-order valence-electron chi connectivity index (χ4n) is 1.15. The molecule has 9 heteroatoms. The Morgan fingerprint density at radius 1 is 1.17 bits per heavy atom. The summed E-state index contributed by atoms with van der Waals surface area (Å²) in [5.41, 5.74) is 0. The van der Waals surface area contributed by atoms with E-state index in [2.05, 4.69) is 0 Å². The number of piperazine rings is 1. The summed E-state index contributed by atoms with van der Waals surface area (Å²) in [7, 11) is 0. The van der Waals surface area contributed by atoms with E-state index in [1.807, 2.05) is 10.6 Å². The summed E-state index contributed by atoms with van der Waals surface area (Å²) in [5.74, 6) is -3.61. The first-order valence-corrected chi connectivity index (χ1v) is 4.72. The highest BCUT2D eigenvalue weighted by Gasteiger charge is 2.26. The average molecular weight is 255 g/mol. The molecular formula is C9H9N3O6. The Morgan fingerprint density at radius 3 is 2.22 bits per heavy atom. The Morgan fingerprint density at radius 2 is 1.72 bits per heavy atom. The van der Waals surface area contributed by atoms with E-state index in [4.69, 9.17) is 5.11 Å². The van der Waals surface area contributed by atoms with Crippen LogP contribution < -0.4 is 10.6 Å². The standard InChI is InChI=1S/C9H9N3O6/c13-5(1-2-8(16)17)11-9(18)12-3-6(14)10-7(15)4-12/h1-2H,3-4H2,(H,16,17)(H,10,14,15)(H,11,13,18). The summed E-state index contributed by atoms with van der Waals surface area (Å²) >= 11 is 0. The van der Waals surface area contributed by atoms with Crippen molar-refractivity contribution in [3.05, 3.63) is 12.2 Å². The monoisotopic (exact) mass is 255 g/mol. The van der Waals surface area contributed by atoms with Gasteiger partial charge in [0.05, 0.1) is 0 Å². The highest BCUT2D eigenvalue weighted by Crippen LogP contribution is 1.95. The van der Waals surface area contributed by atoms with Crippen molar-refractivity contribution in [2.75, 3.05) is 13.1 Å². The van der Waals surface area contributed by atoms with Crippen LogP contribution in [0.3, 0.4) is 0 Å². The quantitative estimate of drug-likeness (QED) is 0.379. The molecule has 96 valence electrons. The van der Waals surface area contributed by atoms with E-state index >= 15 is 0 Å². The van der Waals surface area contributed by atoms with Crippen LogP contribution in [0.1, 0.15) is 0 Å². The second kappa shape index (κ2) is 5.57. The van der Waals surface area contributed by atoms with Crippen molar-refractivity contribution >= 4 is 29.7 Å². The molecule has 1 rings (SSSR count). The van der Waals surface area contributed by atoms with Gasteiger partial charge in [-0.2, -0.15) is 0 Å². The zero-order valence-electron chi connectivity index (χ0n) is 9.00. The number of carboxylic acid groups (broad SMARTS) is 1. The largest absolute Gasteiger partial charge is 0.478 e. The molecule has 0 unspecified atom stereocenters. The maximum Gasteiger partial charge on any atom is 0.328 e. The summed E-state index contributed by atoms with van der Waals surface area (Å²) in [6.07, 6.45) is 1.20. The fraction of sp³-hybridized carbons (Fsp3) is 0.222. The molecule has 0 radical (unpaired) electrons. The van der Waals surface area contributed by atoms with Crippen LogP contribution in [-0.4, -0.2) is 52.8 Å². The number of hydrogen-bond donors (Lipinski definition) is 3. The van der Waals surface area contributed by atoms with Crippen LogP contribution in [0.2, 0.25) is 0 Å². The van der Waals surface area contributed by atoms with Crippen LogP contribution in [0, 0.1) is 0 Å². The highest BCUT2D eigenvalue weighted by atomic mass is 16.4. The third-order valence-electron chi connectivity index (χ3n) is 1.84. The van der Waals surface area contributed by atoms with E-state index in [-0.39, 0.29) is 13.1 Å². The van der Waals surface area contributed by atoms with E-state index in [9.17, 15) is 24.0 Å². The molecule has 1 fully saturated rings. The Balaban J connectivity index is 2.55. The summed E-state index contributed by atoms with van der Waals surface area (Å²) in [5, 5.41) is 12.0. The van der Waals surface area contributed by atoms with Gasteiger partial charge < -0.3 is 10.0 Å². The molecule has 9 nitrogen and oxygen atoms in total. The number of imide groups is 2. The maximum atomic E-state index is 11.4. The predicted octanol–water partition coefficient (Wildman–Crippen LogP) is -2.18. The van der Waals surface area contributed by atoms with Crippen molar-refractivity contribution in [3.63, 3.8) is 0 Å². The average Bonchev–Trinajstić information content (AvgIpc) is 2.25. The normalized spacial score (nSPS) is 15.4. The van der Waals surface area contributed by atoms with Crippen molar-refractivity contribution < 1.29 is 29.1 Å². The minimum Gasteiger partial charge on any atom is -0.478 e. The molecule has 0 aromatic carbocycles. The molecule has 18 heavy (non-hydrogen) atoms. The van der Waals surface area contributed by atoms with Gasteiger partial charge >= 0.3 is 12.0 Å². The van der Waals surface area contributed by atoms with Crippen LogP contribution in [0.25, 0.3) is 0 Å². The molecule has 3 N–H and O–H groups in total. The number of carbonyl (C=O) groups excluding carboxylic acids is 4. The topological polar surface area (TPSA) is 133 Å². The molecule has 1 saturated heterocycles. The fourth-order valence-corrected chi connectivity index (χ4v) is 1.15. The molecule has 1 aliphatic heterocycles. The molecule has 5 amide bonds. The maximum absolute atomic E-state index is 11.4. The van der Waals surface area contributed by atoms with Crippen LogP contribution >= 0.6 is 0 Å². The Kier molecular flexibility index (Phi) is 4.13. The van der Waals surface area contributed by atoms with Crippen molar-refractivity contribution in [2.45, 2.75) is 0 Å². The van der Waals surface area contributed by atoms with Crippen LogP contribution in [0.4, 0.5) is 4.79 Å². The number of carbonyl (C=O) groups is 5. The Labute approximate surface area is 100 Å². The zero-order chi connectivity index (χ0) is 13.7. The summed E-state index contributed by atoms with van der Waals surface area (Å²) in [6.45, 7) is -0.707. The van der Waals surface area contributed by atoms with Gasteiger partial charge in [-0.3, -0.25) is 25.0 Å². The molecule has 0 spiro atoms. The molecule has 0 aromatic rings. The van der Waals surface area contributed by atoms with Gasteiger partial charge in [0.15, 0.2) is 0 Å². The van der Waals surface area contributed by atoms with E-state index in [0.717, 1.165) is 4.90 Å². The van der Waals surface area contributed by atoms with Gasteiger partial charge in [-0.1, -0.05) is 0 Å². The Hall–Kier alpha value is -2.71. The van der Waals surface area contributed by atoms with Gasteiger partial charge in [-0.25, -0.2) is 9.59 Å². The van der Waals surface area contributed by atoms with Crippen LogP contribution in [0.15, 0.2) is 12.2 Å². The van der Waals surface area contributed by atoms with Gasteiger partial charge in [0, 0.05) is 12.2 Å². The lowest BCUT2D eigenvalue weighted by Crippen LogP contribution is -2.56. The Bertz CT molecular complexity index is 439. The van der Waals surface area contributed by atoms with Gasteiger partial charge in [0.2, 0.25) is 11.8 Å². The lowest BCUT2D eigenvalue weighted by molar-refractivity contribution is -0.135. The predicted molar refractivity (Wildman–Crippen MR) is 55.0 cm³/mol. The third-order valence-corrected chi connectivity index (χ3v) is 1.84. The smallest absolute Gasteiger partial charge is 0.328 e. The molecule has 0 atom stereocenters. The minimum atomic E-state index is -1.34. The van der Waals surface area contributed by atoms with Gasteiger partial charge in [0.25, 0.3) is 5.91 Å². The van der Waals surface area contributed by atoms with Crippen LogP contribution in [-0.2, 0) is 19.2 Å². The number of rotatable bonds is 2. The van der Waals surface area contributed by atoms with Gasteiger partial charge in [-0.15, -0.1) is 0 Å². The lowest BCUT2D eigenvalue weighted by atomic mass is 10.3. The SMILES string of the molecule is O=C(O)C=CC(=O)NC(=O)N1CC(=O)NC(=O)C1. The summed E-state index contributed by atoms with van der Waals surface area (Å²) in [4.78, 5) is 55.4. The number of urea groups is 1. The summed E-state index contributed by atoms with van der Waals surface area (Å²) in [6, 6.07) is -0.946. The number of aliphatic carboxylic acids is 1. The minimum absolute atomic E-state index is 0.354. The van der Waals surface area contributed by atoms with Gasteiger partial charge in [-0.05, 0) is 0 Å². The summed E-state index contributed by atoms with van der Waals surface area (Å²) < 4.78 is 0. The lowest BCUT2D eigenvalue weighted by Gasteiger charge is -2.24. The van der Waals surface area contributed by atoms with E-state index in [0.29, 0.717) is 12.2 Å². The molecule has 1 heterocycles. The van der Waals surface area contributed by atoms with Gasteiger partial charge in [0.1, 0.15) is 13.1 Å². The molecular weight excluding hydrogens is 246 g/mol. The van der Waals surface area contributed by atoms with Crippen molar-refractivity contribution in [1.29, 1.82) is 0 Å². The number of nitrogens with one attached hydrogen (secondary N) is 2. The number of hydrogen-bond acceptors (Lipinski definition) is 5. The second-order valence-electron chi connectivity index (χ2n) is 3.29. The van der Waals surface area contributed by atoms with Crippen molar-refractivity contribution in [1.82, 2.24) is 15.5 Å². The number of nitrogens with zero attached hydrogens (tertiary/aromatic N) is 1. The van der Waals surface area contributed by atoms with E-state index < -0.39 is 29.7 Å². The second-order valence-corrected chi connectivity index (χ2v) is 3.29. The third kappa shape index (κ3) is 4.04. The first-order chi connectivity index (χ1) is 8.38. The molecule has 1 aliphatic rings. The highest BCUT2D eigenvalue weighted by molar-refractivity contribution is 6.06. The first kappa shape index (κ1) is 13.4. The molecule has 0 aliphatic carbocycles. The molecule has 0 saturated carbocycles. The number of amides is 5. The van der Waals surface area contributed by atoms with Crippen molar-refractivity contribution in [2.24, 2.45) is 0 Å².